The van der Waals surface area contributed by atoms with Crippen LogP contribution in [-0.4, -0.2) is 50.8 Å². The van der Waals surface area contributed by atoms with Gasteiger partial charge in [0.05, 0.1) is 6.61 Å². The van der Waals surface area contributed by atoms with Gasteiger partial charge >= 0.3 is 0 Å². The van der Waals surface area contributed by atoms with E-state index in [1.807, 2.05) is 0 Å². The van der Waals surface area contributed by atoms with Crippen LogP contribution in [0.5, 0.6) is 0 Å². The van der Waals surface area contributed by atoms with E-state index in [1.54, 1.807) is 7.11 Å². The SMILES string of the molecule is CCCC1(CN(CCOC)C(C)C)CCCNC1. The molecule has 0 spiro atoms. The van der Waals surface area contributed by atoms with Crippen LogP contribution >= 0.6 is 0 Å². The summed E-state index contributed by atoms with van der Waals surface area (Å²) in [7, 11) is 1.79. The monoisotopic (exact) mass is 256 g/mol. The van der Waals surface area contributed by atoms with Crippen molar-refractivity contribution in [1.29, 1.82) is 0 Å². The molecule has 0 amide bonds. The summed E-state index contributed by atoms with van der Waals surface area (Å²) in [6.07, 6.45) is 5.34. The number of nitrogens with zero attached hydrogens (tertiary/aromatic N) is 1. The second kappa shape index (κ2) is 8.13. The summed E-state index contributed by atoms with van der Waals surface area (Å²) in [4.78, 5) is 2.59. The molecule has 0 aromatic heterocycles. The number of hydrogen-bond donors (Lipinski definition) is 1. The Morgan fingerprint density at radius 3 is 2.67 bits per heavy atom. The van der Waals surface area contributed by atoms with Gasteiger partial charge in [-0.15, -0.1) is 0 Å². The quantitative estimate of drug-likeness (QED) is 0.722. The minimum Gasteiger partial charge on any atom is -0.383 e. The maximum atomic E-state index is 5.25. The molecule has 1 aliphatic rings. The maximum Gasteiger partial charge on any atom is 0.0589 e. The van der Waals surface area contributed by atoms with Gasteiger partial charge in [0.2, 0.25) is 0 Å². The van der Waals surface area contributed by atoms with Gasteiger partial charge in [-0.25, -0.2) is 0 Å². The van der Waals surface area contributed by atoms with Crippen molar-refractivity contribution in [3.8, 4) is 0 Å². The Hall–Kier alpha value is -0.120. The van der Waals surface area contributed by atoms with E-state index in [4.69, 9.17) is 4.74 Å². The van der Waals surface area contributed by atoms with Crippen LogP contribution in [0.25, 0.3) is 0 Å². The topological polar surface area (TPSA) is 24.5 Å². The molecule has 1 unspecified atom stereocenters. The van der Waals surface area contributed by atoms with Gasteiger partial charge in [-0.3, -0.25) is 4.90 Å². The van der Waals surface area contributed by atoms with Crippen molar-refractivity contribution in [2.24, 2.45) is 5.41 Å². The molecule has 0 saturated carbocycles. The van der Waals surface area contributed by atoms with Crippen LogP contribution < -0.4 is 5.32 Å². The molecular weight excluding hydrogens is 224 g/mol. The van der Waals surface area contributed by atoms with Crippen molar-refractivity contribution in [3.63, 3.8) is 0 Å². The van der Waals surface area contributed by atoms with Crippen molar-refractivity contribution in [2.45, 2.75) is 52.5 Å². The lowest BCUT2D eigenvalue weighted by atomic mass is 9.76. The summed E-state index contributed by atoms with van der Waals surface area (Å²) in [5.74, 6) is 0. The molecule has 1 saturated heterocycles. The molecule has 0 radical (unpaired) electrons. The predicted molar refractivity (Wildman–Crippen MR) is 78.0 cm³/mol. The molecule has 0 aliphatic carbocycles. The van der Waals surface area contributed by atoms with Crippen molar-refractivity contribution in [2.75, 3.05) is 39.9 Å². The lowest BCUT2D eigenvalue weighted by molar-refractivity contribution is 0.0634. The van der Waals surface area contributed by atoms with Crippen LogP contribution in [0.3, 0.4) is 0 Å². The van der Waals surface area contributed by atoms with E-state index >= 15 is 0 Å². The van der Waals surface area contributed by atoms with Crippen molar-refractivity contribution >= 4 is 0 Å². The molecule has 0 bridgehead atoms. The number of ether oxygens (including phenoxy) is 1. The smallest absolute Gasteiger partial charge is 0.0589 e. The first-order valence-corrected chi connectivity index (χ1v) is 7.57. The normalized spacial score (nSPS) is 25.0. The lowest BCUT2D eigenvalue weighted by Gasteiger charge is -2.43. The highest BCUT2D eigenvalue weighted by Crippen LogP contribution is 2.33. The number of methoxy groups -OCH3 is 1. The number of piperidine rings is 1. The van der Waals surface area contributed by atoms with Gasteiger partial charge in [-0.1, -0.05) is 13.3 Å². The van der Waals surface area contributed by atoms with E-state index in [1.165, 1.54) is 45.3 Å². The maximum absolute atomic E-state index is 5.25. The number of rotatable bonds is 8. The van der Waals surface area contributed by atoms with Gasteiger partial charge in [-0.05, 0) is 45.1 Å². The molecule has 1 rings (SSSR count). The molecule has 108 valence electrons. The van der Waals surface area contributed by atoms with Crippen LogP contribution in [0.1, 0.15) is 46.5 Å². The molecular formula is C15H32N2O. The third-order valence-corrected chi connectivity index (χ3v) is 4.19. The molecule has 1 fully saturated rings. The molecule has 1 N–H and O–H groups in total. The Morgan fingerprint density at radius 2 is 2.17 bits per heavy atom. The minimum absolute atomic E-state index is 0.491. The molecule has 1 atom stereocenters. The van der Waals surface area contributed by atoms with Crippen LogP contribution in [0.2, 0.25) is 0 Å². The first-order chi connectivity index (χ1) is 8.63. The summed E-state index contributed by atoms with van der Waals surface area (Å²) in [5, 5.41) is 3.60. The number of nitrogens with one attached hydrogen (secondary N) is 1. The molecule has 3 nitrogen and oxygen atoms in total. The van der Waals surface area contributed by atoms with Crippen molar-refractivity contribution in [1.82, 2.24) is 10.2 Å². The van der Waals surface area contributed by atoms with E-state index in [-0.39, 0.29) is 0 Å². The Kier molecular flexibility index (Phi) is 7.20. The molecule has 3 heteroatoms. The second-order valence-electron chi connectivity index (χ2n) is 6.09. The fraction of sp³-hybridized carbons (Fsp3) is 1.00. The van der Waals surface area contributed by atoms with E-state index in [0.29, 0.717) is 11.5 Å². The Morgan fingerprint density at radius 1 is 1.39 bits per heavy atom. The summed E-state index contributed by atoms with van der Waals surface area (Å²) >= 11 is 0. The third kappa shape index (κ3) is 4.87. The van der Waals surface area contributed by atoms with Gasteiger partial charge in [0.15, 0.2) is 0 Å². The zero-order valence-corrected chi connectivity index (χ0v) is 12.8. The van der Waals surface area contributed by atoms with E-state index in [2.05, 4.69) is 31.0 Å². The van der Waals surface area contributed by atoms with Crippen LogP contribution in [-0.2, 0) is 4.74 Å². The van der Waals surface area contributed by atoms with Crippen molar-refractivity contribution in [3.05, 3.63) is 0 Å². The third-order valence-electron chi connectivity index (χ3n) is 4.19. The Bertz CT molecular complexity index is 207. The van der Waals surface area contributed by atoms with E-state index < -0.39 is 0 Å². The van der Waals surface area contributed by atoms with Gasteiger partial charge in [0.1, 0.15) is 0 Å². The van der Waals surface area contributed by atoms with E-state index in [9.17, 15) is 0 Å². The average Bonchev–Trinajstić information content (AvgIpc) is 2.35. The fourth-order valence-corrected chi connectivity index (χ4v) is 3.15. The van der Waals surface area contributed by atoms with E-state index in [0.717, 1.165) is 13.2 Å². The first kappa shape index (κ1) is 15.9. The summed E-state index contributed by atoms with van der Waals surface area (Å²) in [6, 6.07) is 0.607. The van der Waals surface area contributed by atoms with Gasteiger partial charge in [0.25, 0.3) is 0 Å². The molecule has 1 aliphatic heterocycles. The van der Waals surface area contributed by atoms with Gasteiger partial charge < -0.3 is 10.1 Å². The highest BCUT2D eigenvalue weighted by molar-refractivity contribution is 4.88. The standard InChI is InChI=1S/C15H32N2O/c1-5-7-15(8-6-9-16-12-15)13-17(14(2)3)10-11-18-4/h14,16H,5-13H2,1-4H3. The van der Waals surface area contributed by atoms with Crippen molar-refractivity contribution < 1.29 is 4.74 Å². The Balaban J connectivity index is 2.60. The second-order valence-corrected chi connectivity index (χ2v) is 6.09. The zero-order chi connectivity index (χ0) is 13.4. The summed E-state index contributed by atoms with van der Waals surface area (Å²) in [6.45, 7) is 12.4. The van der Waals surface area contributed by atoms with Crippen LogP contribution in [0, 0.1) is 5.41 Å². The average molecular weight is 256 g/mol. The Labute approximate surface area is 113 Å². The summed E-state index contributed by atoms with van der Waals surface area (Å²) < 4.78 is 5.25. The highest BCUT2D eigenvalue weighted by atomic mass is 16.5. The molecule has 1 heterocycles. The van der Waals surface area contributed by atoms with Crippen LogP contribution in [0.15, 0.2) is 0 Å². The van der Waals surface area contributed by atoms with Crippen LogP contribution in [0.4, 0.5) is 0 Å². The van der Waals surface area contributed by atoms with Gasteiger partial charge in [-0.2, -0.15) is 0 Å². The fourth-order valence-electron chi connectivity index (χ4n) is 3.15. The minimum atomic E-state index is 0.491. The largest absolute Gasteiger partial charge is 0.383 e. The molecule has 0 aromatic carbocycles. The van der Waals surface area contributed by atoms with Gasteiger partial charge in [0, 0.05) is 32.8 Å². The summed E-state index contributed by atoms with van der Waals surface area (Å²) in [5.41, 5.74) is 0.491. The molecule has 0 aromatic rings. The first-order valence-electron chi connectivity index (χ1n) is 7.57. The highest BCUT2D eigenvalue weighted by Gasteiger charge is 2.33. The lowest BCUT2D eigenvalue weighted by Crippen LogP contribution is -2.50. The molecule has 18 heavy (non-hydrogen) atoms. The predicted octanol–water partition coefficient (Wildman–Crippen LogP) is 2.51. The zero-order valence-electron chi connectivity index (χ0n) is 12.8. The number of hydrogen-bond acceptors (Lipinski definition) is 3.